The predicted molar refractivity (Wildman–Crippen MR) is 107 cm³/mol. The highest BCUT2D eigenvalue weighted by Crippen LogP contribution is 2.19. The maximum absolute atomic E-state index is 12.9. The second-order valence-electron chi connectivity index (χ2n) is 6.87. The SMILES string of the molecule is CC(NC(=O)c1cnn(C)c1Cc1ccccc1)c1ccc2[nH]c(=O)[nH]c2c1. The summed E-state index contributed by atoms with van der Waals surface area (Å²) in [6.45, 7) is 1.91. The fourth-order valence-corrected chi connectivity index (χ4v) is 3.33. The third-order valence-electron chi connectivity index (χ3n) is 4.91. The summed E-state index contributed by atoms with van der Waals surface area (Å²) < 4.78 is 1.74. The Kier molecular flexibility index (Phi) is 4.57. The van der Waals surface area contributed by atoms with E-state index in [1.54, 1.807) is 10.9 Å². The van der Waals surface area contributed by atoms with E-state index in [1.165, 1.54) is 0 Å². The van der Waals surface area contributed by atoms with E-state index in [9.17, 15) is 9.59 Å². The van der Waals surface area contributed by atoms with Gasteiger partial charge in [0.1, 0.15) is 0 Å². The fourth-order valence-electron chi connectivity index (χ4n) is 3.33. The number of carbonyl (C=O) groups is 1. The first-order chi connectivity index (χ1) is 13.5. The van der Waals surface area contributed by atoms with Crippen LogP contribution in [-0.4, -0.2) is 25.7 Å². The van der Waals surface area contributed by atoms with Crippen molar-refractivity contribution in [2.24, 2.45) is 7.05 Å². The van der Waals surface area contributed by atoms with E-state index in [0.29, 0.717) is 12.0 Å². The minimum Gasteiger partial charge on any atom is -0.345 e. The fraction of sp³-hybridized carbons (Fsp3) is 0.190. The molecule has 142 valence electrons. The van der Waals surface area contributed by atoms with E-state index in [4.69, 9.17) is 0 Å². The van der Waals surface area contributed by atoms with Crippen LogP contribution in [-0.2, 0) is 13.5 Å². The first-order valence-electron chi connectivity index (χ1n) is 9.09. The highest BCUT2D eigenvalue weighted by Gasteiger charge is 2.19. The van der Waals surface area contributed by atoms with Crippen molar-refractivity contribution in [3.05, 3.63) is 87.6 Å². The Bertz CT molecular complexity index is 1190. The van der Waals surface area contributed by atoms with Crippen LogP contribution in [0.3, 0.4) is 0 Å². The van der Waals surface area contributed by atoms with Crippen LogP contribution in [0.25, 0.3) is 11.0 Å². The van der Waals surface area contributed by atoms with Gasteiger partial charge in [-0.05, 0) is 30.2 Å². The highest BCUT2D eigenvalue weighted by molar-refractivity contribution is 5.95. The van der Waals surface area contributed by atoms with Crippen LogP contribution in [0.4, 0.5) is 0 Å². The number of rotatable bonds is 5. The van der Waals surface area contributed by atoms with Crippen molar-refractivity contribution in [3.8, 4) is 0 Å². The van der Waals surface area contributed by atoms with E-state index < -0.39 is 0 Å². The Morgan fingerprint density at radius 3 is 2.68 bits per heavy atom. The second kappa shape index (κ2) is 7.19. The van der Waals surface area contributed by atoms with Crippen LogP contribution < -0.4 is 11.0 Å². The molecule has 7 nitrogen and oxygen atoms in total. The number of nitrogens with one attached hydrogen (secondary N) is 3. The molecule has 2 aromatic carbocycles. The number of hydrogen-bond acceptors (Lipinski definition) is 3. The lowest BCUT2D eigenvalue weighted by molar-refractivity contribution is 0.0939. The number of imidazole rings is 1. The monoisotopic (exact) mass is 375 g/mol. The molecule has 1 unspecified atom stereocenters. The zero-order valence-corrected chi connectivity index (χ0v) is 15.7. The maximum atomic E-state index is 12.9. The number of carbonyl (C=O) groups excluding carboxylic acids is 1. The molecule has 0 fully saturated rings. The van der Waals surface area contributed by atoms with Gasteiger partial charge in [0.25, 0.3) is 5.91 Å². The van der Waals surface area contributed by atoms with Gasteiger partial charge in [0, 0.05) is 13.5 Å². The molecular weight excluding hydrogens is 354 g/mol. The summed E-state index contributed by atoms with van der Waals surface area (Å²) in [7, 11) is 1.84. The van der Waals surface area contributed by atoms with E-state index in [0.717, 1.165) is 27.9 Å². The minimum atomic E-state index is -0.246. The van der Waals surface area contributed by atoms with Gasteiger partial charge in [-0.15, -0.1) is 0 Å². The smallest absolute Gasteiger partial charge is 0.323 e. The molecule has 2 heterocycles. The van der Waals surface area contributed by atoms with Crippen LogP contribution in [0.2, 0.25) is 0 Å². The van der Waals surface area contributed by atoms with Crippen molar-refractivity contribution in [2.45, 2.75) is 19.4 Å². The third-order valence-corrected chi connectivity index (χ3v) is 4.91. The van der Waals surface area contributed by atoms with Gasteiger partial charge in [-0.1, -0.05) is 36.4 Å². The van der Waals surface area contributed by atoms with Crippen molar-refractivity contribution in [2.75, 3.05) is 0 Å². The summed E-state index contributed by atoms with van der Waals surface area (Å²) in [6, 6.07) is 15.4. The molecule has 0 bridgehead atoms. The Labute approximate surface area is 161 Å². The van der Waals surface area contributed by atoms with Gasteiger partial charge in [-0.2, -0.15) is 5.10 Å². The number of hydrogen-bond donors (Lipinski definition) is 3. The number of nitrogens with zero attached hydrogens (tertiary/aromatic N) is 2. The molecule has 0 saturated heterocycles. The average molecular weight is 375 g/mol. The summed E-state index contributed by atoms with van der Waals surface area (Å²) in [6.07, 6.45) is 2.23. The Morgan fingerprint density at radius 2 is 1.89 bits per heavy atom. The summed E-state index contributed by atoms with van der Waals surface area (Å²) >= 11 is 0. The van der Waals surface area contributed by atoms with Gasteiger partial charge in [0.05, 0.1) is 34.5 Å². The molecule has 0 aliphatic rings. The first-order valence-corrected chi connectivity index (χ1v) is 9.09. The summed E-state index contributed by atoms with van der Waals surface area (Å²) in [4.78, 5) is 29.8. The average Bonchev–Trinajstić information content (AvgIpc) is 3.23. The van der Waals surface area contributed by atoms with Gasteiger partial charge >= 0.3 is 5.69 Å². The molecule has 0 aliphatic carbocycles. The number of fused-ring (bicyclic) bond motifs is 1. The van der Waals surface area contributed by atoms with Crippen molar-refractivity contribution in [3.63, 3.8) is 0 Å². The van der Waals surface area contributed by atoms with Crippen LogP contribution >= 0.6 is 0 Å². The van der Waals surface area contributed by atoms with Gasteiger partial charge in [-0.25, -0.2) is 4.79 Å². The molecular formula is C21H21N5O2. The molecule has 1 atom stereocenters. The number of aromatic amines is 2. The number of amides is 1. The molecule has 4 rings (SSSR count). The third kappa shape index (κ3) is 3.46. The summed E-state index contributed by atoms with van der Waals surface area (Å²) in [5.74, 6) is -0.172. The number of aryl methyl sites for hydroxylation is 1. The second-order valence-corrected chi connectivity index (χ2v) is 6.87. The summed E-state index contributed by atoms with van der Waals surface area (Å²) in [5, 5.41) is 7.30. The molecule has 2 aromatic heterocycles. The standard InChI is InChI=1S/C21H21N5O2/c1-13(15-8-9-17-18(11-15)25-21(28)24-17)23-20(27)16-12-22-26(2)19(16)10-14-6-4-3-5-7-14/h3-9,11-13H,10H2,1-2H3,(H,23,27)(H2,24,25,28). The molecule has 1 amide bonds. The normalized spacial score (nSPS) is 12.2. The van der Waals surface area contributed by atoms with Crippen molar-refractivity contribution in [1.29, 1.82) is 0 Å². The van der Waals surface area contributed by atoms with Gasteiger partial charge in [-0.3, -0.25) is 9.48 Å². The Balaban J connectivity index is 1.55. The van der Waals surface area contributed by atoms with E-state index in [-0.39, 0.29) is 17.6 Å². The van der Waals surface area contributed by atoms with Crippen molar-refractivity contribution in [1.82, 2.24) is 25.1 Å². The van der Waals surface area contributed by atoms with E-state index >= 15 is 0 Å². The van der Waals surface area contributed by atoms with Gasteiger partial charge in [0.2, 0.25) is 0 Å². The van der Waals surface area contributed by atoms with Crippen LogP contribution in [0.1, 0.15) is 40.1 Å². The Morgan fingerprint density at radius 1 is 1.14 bits per heavy atom. The molecule has 0 radical (unpaired) electrons. The number of aromatic nitrogens is 4. The summed E-state index contributed by atoms with van der Waals surface area (Å²) in [5.41, 5.74) is 4.67. The molecule has 28 heavy (non-hydrogen) atoms. The highest BCUT2D eigenvalue weighted by atomic mass is 16.2. The van der Waals surface area contributed by atoms with Crippen LogP contribution in [0, 0.1) is 0 Å². The quantitative estimate of drug-likeness (QED) is 0.500. The van der Waals surface area contributed by atoms with E-state index in [1.807, 2.05) is 62.5 Å². The largest absolute Gasteiger partial charge is 0.345 e. The van der Waals surface area contributed by atoms with Crippen molar-refractivity contribution < 1.29 is 4.79 Å². The first kappa shape index (κ1) is 17.8. The lowest BCUT2D eigenvalue weighted by Gasteiger charge is -2.15. The molecule has 7 heteroatoms. The number of H-pyrrole nitrogens is 2. The minimum absolute atomic E-state index is 0.172. The lowest BCUT2D eigenvalue weighted by Crippen LogP contribution is -2.27. The van der Waals surface area contributed by atoms with Gasteiger partial charge in [0.15, 0.2) is 0 Å². The van der Waals surface area contributed by atoms with E-state index in [2.05, 4.69) is 20.4 Å². The Hall–Kier alpha value is -3.61. The van der Waals surface area contributed by atoms with Crippen molar-refractivity contribution >= 4 is 16.9 Å². The molecule has 0 saturated carbocycles. The molecule has 0 aliphatic heterocycles. The topological polar surface area (TPSA) is 95.6 Å². The molecule has 4 aromatic rings. The predicted octanol–water partition coefficient (Wildman–Crippen LogP) is 2.67. The van der Waals surface area contributed by atoms with Crippen LogP contribution in [0.5, 0.6) is 0 Å². The lowest BCUT2D eigenvalue weighted by atomic mass is 10.0. The zero-order chi connectivity index (χ0) is 19.7. The number of benzene rings is 2. The van der Waals surface area contributed by atoms with Gasteiger partial charge < -0.3 is 15.3 Å². The molecule has 0 spiro atoms. The maximum Gasteiger partial charge on any atom is 0.323 e. The molecule has 3 N–H and O–H groups in total. The zero-order valence-electron chi connectivity index (χ0n) is 15.7. The van der Waals surface area contributed by atoms with Crippen LogP contribution in [0.15, 0.2) is 59.5 Å².